The highest BCUT2D eigenvalue weighted by Crippen LogP contribution is 2.41. The largest absolute Gasteiger partial charge is 0.573 e. The zero-order valence-electron chi connectivity index (χ0n) is 16.3. The van der Waals surface area contributed by atoms with E-state index in [0.29, 0.717) is 0 Å². The zero-order chi connectivity index (χ0) is 23.1. The first-order valence-corrected chi connectivity index (χ1v) is 10.8. The molecule has 1 amide bonds. The van der Waals surface area contributed by atoms with Gasteiger partial charge in [-0.15, -0.1) is 13.2 Å². The average Bonchev–Trinajstić information content (AvgIpc) is 2.73. The number of carbonyl (C=O) groups excluding carboxylic acids is 1. The van der Waals surface area contributed by atoms with Gasteiger partial charge in [-0.3, -0.25) is 4.79 Å². The molecule has 0 N–H and O–H groups in total. The SMILES string of the molecule is O=C(C1=CN(c2ccc(OC(F)(F)F)cc2)c2cc(F)ccc2S1(=O)=O)N1CCOCC1. The Kier molecular flexibility index (Phi) is 5.59. The monoisotopic (exact) mass is 472 g/mol. The number of carbonyl (C=O) groups is 1. The molecular formula is C20H16F4N2O5S. The van der Waals surface area contributed by atoms with Crippen molar-refractivity contribution in [1.29, 1.82) is 0 Å². The maximum Gasteiger partial charge on any atom is 0.573 e. The smallest absolute Gasteiger partial charge is 0.406 e. The molecule has 0 saturated carbocycles. The number of amides is 1. The molecule has 0 radical (unpaired) electrons. The summed E-state index contributed by atoms with van der Waals surface area (Å²) in [4.78, 5) is 14.8. The van der Waals surface area contributed by atoms with Crippen molar-refractivity contribution in [3.05, 3.63) is 59.4 Å². The van der Waals surface area contributed by atoms with Crippen LogP contribution < -0.4 is 9.64 Å². The minimum atomic E-state index is -4.88. The second kappa shape index (κ2) is 8.10. The summed E-state index contributed by atoms with van der Waals surface area (Å²) in [5, 5.41) is 0. The molecule has 32 heavy (non-hydrogen) atoms. The lowest BCUT2D eigenvalue weighted by atomic mass is 10.2. The zero-order valence-corrected chi connectivity index (χ0v) is 17.1. The predicted molar refractivity (Wildman–Crippen MR) is 104 cm³/mol. The van der Waals surface area contributed by atoms with E-state index in [2.05, 4.69) is 4.74 Å². The third kappa shape index (κ3) is 4.28. The number of anilines is 2. The molecule has 0 aliphatic carbocycles. The van der Waals surface area contributed by atoms with Crippen LogP contribution in [0.15, 0.2) is 58.5 Å². The van der Waals surface area contributed by atoms with Crippen molar-refractivity contribution in [2.24, 2.45) is 0 Å². The minimum Gasteiger partial charge on any atom is -0.406 e. The Bertz CT molecular complexity index is 1170. The normalized spacial score (nSPS) is 18.1. The quantitative estimate of drug-likeness (QED) is 0.504. The van der Waals surface area contributed by atoms with Crippen LogP contribution >= 0.6 is 0 Å². The fourth-order valence-corrected chi connectivity index (χ4v) is 4.92. The molecule has 0 unspecified atom stereocenters. The number of fused-ring (bicyclic) bond motifs is 1. The molecule has 1 saturated heterocycles. The van der Waals surface area contributed by atoms with Gasteiger partial charge >= 0.3 is 6.36 Å². The Labute approximate surface area is 180 Å². The number of alkyl halides is 3. The Morgan fingerprint density at radius 3 is 2.31 bits per heavy atom. The van der Waals surface area contributed by atoms with Gasteiger partial charge in [-0.2, -0.15) is 0 Å². The molecule has 2 heterocycles. The van der Waals surface area contributed by atoms with E-state index in [0.717, 1.165) is 36.5 Å². The molecule has 7 nitrogen and oxygen atoms in total. The predicted octanol–water partition coefficient (Wildman–Crippen LogP) is 3.35. The van der Waals surface area contributed by atoms with Gasteiger partial charge in [-0.25, -0.2) is 12.8 Å². The van der Waals surface area contributed by atoms with Crippen molar-refractivity contribution < 1.29 is 40.2 Å². The van der Waals surface area contributed by atoms with Crippen molar-refractivity contribution in [2.45, 2.75) is 11.3 Å². The lowest BCUT2D eigenvalue weighted by Crippen LogP contribution is -2.43. The van der Waals surface area contributed by atoms with Gasteiger partial charge in [0.15, 0.2) is 4.91 Å². The van der Waals surface area contributed by atoms with Crippen LogP contribution in [0, 0.1) is 5.82 Å². The molecule has 0 bridgehead atoms. The summed E-state index contributed by atoms with van der Waals surface area (Å²) in [7, 11) is -4.27. The molecule has 2 aliphatic heterocycles. The summed E-state index contributed by atoms with van der Waals surface area (Å²) in [6, 6.07) is 7.51. The summed E-state index contributed by atoms with van der Waals surface area (Å²) < 4.78 is 86.6. The second-order valence-corrected chi connectivity index (χ2v) is 8.81. The van der Waals surface area contributed by atoms with Crippen molar-refractivity contribution in [3.63, 3.8) is 0 Å². The first-order chi connectivity index (χ1) is 15.1. The Balaban J connectivity index is 1.79. The van der Waals surface area contributed by atoms with E-state index >= 15 is 0 Å². The lowest BCUT2D eigenvalue weighted by Gasteiger charge is -2.32. The van der Waals surface area contributed by atoms with Crippen LogP contribution in [0.1, 0.15) is 0 Å². The lowest BCUT2D eigenvalue weighted by molar-refractivity contribution is -0.274. The van der Waals surface area contributed by atoms with E-state index in [1.54, 1.807) is 0 Å². The maximum absolute atomic E-state index is 14.0. The third-order valence-electron chi connectivity index (χ3n) is 4.86. The number of hydrogen-bond acceptors (Lipinski definition) is 6. The summed E-state index contributed by atoms with van der Waals surface area (Å²) in [6.45, 7) is 0.910. The van der Waals surface area contributed by atoms with E-state index in [1.165, 1.54) is 21.9 Å². The maximum atomic E-state index is 14.0. The van der Waals surface area contributed by atoms with Crippen LogP contribution in [0.5, 0.6) is 5.75 Å². The highest BCUT2D eigenvalue weighted by atomic mass is 32.2. The van der Waals surface area contributed by atoms with Gasteiger partial charge in [0.25, 0.3) is 5.91 Å². The Morgan fingerprint density at radius 2 is 1.69 bits per heavy atom. The third-order valence-corrected chi connectivity index (χ3v) is 6.65. The molecule has 1 fully saturated rings. The van der Waals surface area contributed by atoms with E-state index in [-0.39, 0.29) is 42.6 Å². The van der Waals surface area contributed by atoms with Gasteiger partial charge in [-0.1, -0.05) is 0 Å². The van der Waals surface area contributed by atoms with Gasteiger partial charge in [0, 0.05) is 25.0 Å². The van der Waals surface area contributed by atoms with Gasteiger partial charge in [0.1, 0.15) is 11.6 Å². The number of sulfone groups is 1. The van der Waals surface area contributed by atoms with Crippen molar-refractivity contribution in [3.8, 4) is 5.75 Å². The standard InChI is InChI=1S/C20H16F4N2O5S/c21-13-1-6-17-16(11-13)26(14-2-4-15(5-3-14)31-20(22,23)24)12-18(32(17,28)29)19(27)25-7-9-30-10-8-25/h1-6,11-12H,7-10H2. The first kappa shape index (κ1) is 22.1. The van der Waals surface area contributed by atoms with Gasteiger partial charge in [0.05, 0.1) is 23.8 Å². The molecule has 0 spiro atoms. The van der Waals surface area contributed by atoms with E-state index in [9.17, 15) is 30.8 Å². The molecule has 2 aromatic carbocycles. The van der Waals surface area contributed by atoms with Crippen LogP contribution in [0.25, 0.3) is 0 Å². The van der Waals surface area contributed by atoms with E-state index < -0.39 is 38.6 Å². The summed E-state index contributed by atoms with van der Waals surface area (Å²) >= 11 is 0. The second-order valence-electron chi connectivity index (χ2n) is 6.93. The highest BCUT2D eigenvalue weighted by Gasteiger charge is 2.38. The minimum absolute atomic E-state index is 0.0759. The fraction of sp³-hybridized carbons (Fsp3) is 0.250. The number of rotatable bonds is 3. The average molecular weight is 472 g/mol. The Hall–Kier alpha value is -3.12. The number of halogens is 4. The highest BCUT2D eigenvalue weighted by molar-refractivity contribution is 7.96. The van der Waals surface area contributed by atoms with Gasteiger partial charge in [-0.05, 0) is 42.5 Å². The fourth-order valence-electron chi connectivity index (χ4n) is 3.40. The molecule has 0 aromatic heterocycles. The van der Waals surface area contributed by atoms with Crippen LogP contribution in [0.2, 0.25) is 0 Å². The van der Waals surface area contributed by atoms with E-state index in [4.69, 9.17) is 4.74 Å². The van der Waals surface area contributed by atoms with Crippen LogP contribution in [-0.2, 0) is 19.4 Å². The van der Waals surface area contributed by atoms with Crippen LogP contribution in [0.4, 0.5) is 28.9 Å². The summed E-state index contributed by atoms with van der Waals surface area (Å²) in [5.41, 5.74) is 0.126. The van der Waals surface area contributed by atoms with E-state index in [1.807, 2.05) is 0 Å². The van der Waals surface area contributed by atoms with Crippen molar-refractivity contribution in [1.82, 2.24) is 4.90 Å². The summed E-state index contributed by atoms with van der Waals surface area (Å²) in [5.74, 6) is -1.96. The molecule has 0 atom stereocenters. The molecule has 2 aromatic rings. The molecule has 170 valence electrons. The number of morpholine rings is 1. The van der Waals surface area contributed by atoms with Gasteiger partial charge in [0.2, 0.25) is 9.84 Å². The van der Waals surface area contributed by atoms with Gasteiger partial charge < -0.3 is 19.3 Å². The van der Waals surface area contributed by atoms with Crippen molar-refractivity contribution >= 4 is 27.1 Å². The Morgan fingerprint density at radius 1 is 1.03 bits per heavy atom. The molecule has 12 heteroatoms. The molecule has 4 rings (SSSR count). The number of nitrogens with zero attached hydrogens (tertiary/aromatic N) is 2. The number of hydrogen-bond donors (Lipinski definition) is 0. The summed E-state index contributed by atoms with van der Waals surface area (Å²) in [6.07, 6.45) is -3.83. The number of ether oxygens (including phenoxy) is 2. The van der Waals surface area contributed by atoms with Crippen molar-refractivity contribution in [2.75, 3.05) is 31.2 Å². The number of benzene rings is 2. The molecular weight excluding hydrogens is 456 g/mol. The van der Waals surface area contributed by atoms with Crippen LogP contribution in [0.3, 0.4) is 0 Å². The molecule has 2 aliphatic rings. The van der Waals surface area contributed by atoms with Crippen LogP contribution in [-0.4, -0.2) is 51.9 Å². The first-order valence-electron chi connectivity index (χ1n) is 9.35. The topological polar surface area (TPSA) is 76.2 Å².